The van der Waals surface area contributed by atoms with Gasteiger partial charge >= 0.3 is 0 Å². The number of amides is 1. The third-order valence-electron chi connectivity index (χ3n) is 7.08. The minimum Gasteiger partial charge on any atom is -0.486 e. The Hall–Kier alpha value is -2.46. The van der Waals surface area contributed by atoms with Gasteiger partial charge in [0.25, 0.3) is 17.0 Å². The molecule has 1 aromatic heterocycles. The van der Waals surface area contributed by atoms with Gasteiger partial charge in [0.1, 0.15) is 13.2 Å². The number of carbonyl (C=O) groups excluding carboxylic acids is 1. The van der Waals surface area contributed by atoms with Crippen molar-refractivity contribution < 1.29 is 27.8 Å². The van der Waals surface area contributed by atoms with Gasteiger partial charge in [-0.2, -0.15) is 0 Å². The fourth-order valence-corrected chi connectivity index (χ4v) is 6.05. The lowest BCUT2D eigenvalue weighted by Crippen LogP contribution is -2.38. The van der Waals surface area contributed by atoms with E-state index in [1.165, 1.54) is 11.3 Å². The summed E-state index contributed by atoms with van der Waals surface area (Å²) in [5, 5.41) is 3.54. The number of thiazole rings is 1. The Kier molecular flexibility index (Phi) is 7.62. The summed E-state index contributed by atoms with van der Waals surface area (Å²) >= 11 is 1.39. The van der Waals surface area contributed by atoms with Gasteiger partial charge in [-0.3, -0.25) is 9.69 Å². The van der Waals surface area contributed by atoms with Gasteiger partial charge in [0, 0.05) is 30.9 Å². The molecule has 1 aliphatic carbocycles. The average molecular weight is 522 g/mol. The molecule has 5 rings (SSSR count). The van der Waals surface area contributed by atoms with Gasteiger partial charge in [-0.05, 0) is 63.1 Å². The number of fused-ring (bicyclic) bond motifs is 2. The maximum Gasteiger partial charge on any atom is 0.278 e. The Morgan fingerprint density at radius 2 is 2.06 bits per heavy atom. The minimum absolute atomic E-state index is 0.0980. The number of aromatic nitrogens is 1. The van der Waals surface area contributed by atoms with Crippen LogP contribution in [0.25, 0.3) is 0 Å². The first-order valence-electron chi connectivity index (χ1n) is 12.7. The topological polar surface area (TPSA) is 72.9 Å². The fourth-order valence-electron chi connectivity index (χ4n) is 5.15. The largest absolute Gasteiger partial charge is 0.486 e. The molecular formula is C26H33F2N3O4S. The summed E-state index contributed by atoms with van der Waals surface area (Å²) in [4.78, 5) is 20.9. The molecule has 3 heterocycles. The minimum atomic E-state index is -2.86. The van der Waals surface area contributed by atoms with Crippen molar-refractivity contribution in [1.82, 2.24) is 15.2 Å². The van der Waals surface area contributed by atoms with Crippen molar-refractivity contribution in [2.45, 2.75) is 64.0 Å². The number of alkyl halides is 2. The van der Waals surface area contributed by atoms with Gasteiger partial charge in [0.05, 0.1) is 11.3 Å². The predicted molar refractivity (Wildman–Crippen MR) is 132 cm³/mol. The molecule has 196 valence electrons. The highest BCUT2D eigenvalue weighted by molar-refractivity contribution is 7.13. The van der Waals surface area contributed by atoms with Crippen molar-refractivity contribution in [3.05, 3.63) is 34.3 Å². The molecule has 1 aromatic carbocycles. The number of nitrogens with zero attached hydrogens (tertiary/aromatic N) is 2. The van der Waals surface area contributed by atoms with E-state index in [0.717, 1.165) is 75.7 Å². The molecule has 0 saturated heterocycles. The highest BCUT2D eigenvalue weighted by Crippen LogP contribution is 2.35. The van der Waals surface area contributed by atoms with E-state index in [2.05, 4.69) is 15.2 Å². The number of benzene rings is 1. The lowest BCUT2D eigenvalue weighted by molar-refractivity contribution is -0.0230. The first kappa shape index (κ1) is 25.2. The smallest absolute Gasteiger partial charge is 0.278 e. The highest BCUT2D eigenvalue weighted by atomic mass is 32.1. The molecule has 1 saturated carbocycles. The van der Waals surface area contributed by atoms with E-state index in [4.69, 9.17) is 14.2 Å². The summed E-state index contributed by atoms with van der Waals surface area (Å²) in [6, 6.07) is 5.62. The number of nitrogens with one attached hydrogen (secondary N) is 1. The third-order valence-corrected chi connectivity index (χ3v) is 8.15. The second kappa shape index (κ2) is 10.9. The monoisotopic (exact) mass is 521 g/mol. The van der Waals surface area contributed by atoms with E-state index in [0.29, 0.717) is 41.4 Å². The van der Waals surface area contributed by atoms with E-state index in [1.54, 1.807) is 6.07 Å². The van der Waals surface area contributed by atoms with Gasteiger partial charge in [-0.1, -0.05) is 17.4 Å². The van der Waals surface area contributed by atoms with Crippen LogP contribution in [0.5, 0.6) is 16.7 Å². The van der Waals surface area contributed by atoms with Crippen LogP contribution >= 0.6 is 11.3 Å². The molecule has 10 heteroatoms. The van der Waals surface area contributed by atoms with Crippen molar-refractivity contribution in [2.75, 3.05) is 32.9 Å². The Morgan fingerprint density at radius 3 is 2.86 bits per heavy atom. The maximum atomic E-state index is 13.1. The number of halogens is 2. The molecule has 1 fully saturated rings. The Bertz CT molecular complexity index is 1070. The number of rotatable bonds is 8. The van der Waals surface area contributed by atoms with Crippen LogP contribution < -0.4 is 19.5 Å². The Labute approximate surface area is 214 Å². The predicted octanol–water partition coefficient (Wildman–Crippen LogP) is 4.69. The summed E-state index contributed by atoms with van der Waals surface area (Å²) in [6.45, 7) is 3.87. The van der Waals surface area contributed by atoms with Crippen molar-refractivity contribution >= 4 is 17.2 Å². The summed E-state index contributed by atoms with van der Waals surface area (Å²) in [6.07, 6.45) is 6.13. The van der Waals surface area contributed by atoms with E-state index < -0.39 is 12.5 Å². The lowest BCUT2D eigenvalue weighted by Gasteiger charge is -2.32. The van der Waals surface area contributed by atoms with E-state index in [-0.39, 0.29) is 11.9 Å². The van der Waals surface area contributed by atoms with Crippen molar-refractivity contribution in [2.24, 2.45) is 5.92 Å². The van der Waals surface area contributed by atoms with Crippen molar-refractivity contribution in [1.29, 1.82) is 0 Å². The lowest BCUT2D eigenvalue weighted by atomic mass is 9.84. The molecule has 3 aliphatic rings. The van der Waals surface area contributed by atoms with Crippen LogP contribution in [0.2, 0.25) is 0 Å². The standard InChI is InChI=1S/C26H33F2N3O4S/c1-26(27,28)16-35-25-30-20-15-31(12-10-22(20)36-25)11-9-17-5-7-18(8-6-17)29-24(32)19-3-2-4-21-23(19)34-14-13-33-21/h2-4,17-18H,5-16H2,1H3,(H,29,32)/t17-,18-. The summed E-state index contributed by atoms with van der Waals surface area (Å²) in [7, 11) is 0. The summed E-state index contributed by atoms with van der Waals surface area (Å²) in [5.74, 6) is -1.14. The second-order valence-corrected chi connectivity index (χ2v) is 11.1. The van der Waals surface area contributed by atoms with Crippen LogP contribution in [0.1, 0.15) is 60.0 Å². The van der Waals surface area contributed by atoms with Crippen molar-refractivity contribution in [3.8, 4) is 16.7 Å². The van der Waals surface area contributed by atoms with Crippen LogP contribution in [0.4, 0.5) is 8.78 Å². The summed E-state index contributed by atoms with van der Waals surface area (Å²) < 4.78 is 42.6. The quantitative estimate of drug-likeness (QED) is 0.544. The van der Waals surface area contributed by atoms with E-state index in [9.17, 15) is 13.6 Å². The first-order valence-corrected chi connectivity index (χ1v) is 13.6. The summed E-state index contributed by atoms with van der Waals surface area (Å²) in [5.41, 5.74) is 1.50. The zero-order chi connectivity index (χ0) is 25.1. The number of ether oxygens (including phenoxy) is 3. The van der Waals surface area contributed by atoms with Gasteiger partial charge < -0.3 is 19.5 Å². The Balaban J connectivity index is 1.05. The molecule has 1 amide bonds. The third kappa shape index (κ3) is 6.26. The number of para-hydroxylation sites is 1. The molecular weight excluding hydrogens is 488 g/mol. The average Bonchev–Trinajstić information content (AvgIpc) is 3.29. The molecule has 36 heavy (non-hydrogen) atoms. The highest BCUT2D eigenvalue weighted by Gasteiger charge is 2.28. The Morgan fingerprint density at radius 1 is 1.25 bits per heavy atom. The van der Waals surface area contributed by atoms with E-state index in [1.807, 2.05) is 12.1 Å². The second-order valence-electron chi connectivity index (χ2n) is 10.0. The molecule has 0 spiro atoms. The molecule has 1 N–H and O–H groups in total. The van der Waals surface area contributed by atoms with Crippen molar-refractivity contribution in [3.63, 3.8) is 0 Å². The number of carbonyl (C=O) groups is 1. The fraction of sp³-hybridized carbons (Fsp3) is 0.615. The van der Waals surface area contributed by atoms with Crippen LogP contribution in [-0.2, 0) is 13.0 Å². The molecule has 7 nitrogen and oxygen atoms in total. The first-order chi connectivity index (χ1) is 17.3. The normalized spacial score (nSPS) is 22.1. The molecule has 2 aromatic rings. The zero-order valence-electron chi connectivity index (χ0n) is 20.6. The SMILES string of the molecule is CC(F)(F)COc1nc2c(s1)CCN(CC[C@H]1CC[C@H](NC(=O)c3cccc4c3OCCO4)CC1)C2. The molecule has 0 bridgehead atoms. The molecule has 0 atom stereocenters. The zero-order valence-corrected chi connectivity index (χ0v) is 21.4. The van der Waals surface area contributed by atoms with Gasteiger partial charge in [-0.15, -0.1) is 0 Å². The maximum absolute atomic E-state index is 13.1. The van der Waals surface area contributed by atoms with Gasteiger partial charge in [0.15, 0.2) is 18.1 Å². The molecule has 0 radical (unpaired) electrons. The van der Waals surface area contributed by atoms with Crippen LogP contribution in [-0.4, -0.2) is 60.7 Å². The van der Waals surface area contributed by atoms with Crippen LogP contribution in [0, 0.1) is 5.92 Å². The molecule has 2 aliphatic heterocycles. The number of hydrogen-bond acceptors (Lipinski definition) is 7. The number of hydrogen-bond donors (Lipinski definition) is 1. The van der Waals surface area contributed by atoms with Crippen LogP contribution in [0.15, 0.2) is 18.2 Å². The van der Waals surface area contributed by atoms with Gasteiger partial charge in [0.2, 0.25) is 0 Å². The molecule has 0 unspecified atom stereocenters. The van der Waals surface area contributed by atoms with Gasteiger partial charge in [-0.25, -0.2) is 13.8 Å². The van der Waals surface area contributed by atoms with Crippen LogP contribution in [0.3, 0.4) is 0 Å². The van der Waals surface area contributed by atoms with E-state index >= 15 is 0 Å².